The van der Waals surface area contributed by atoms with Crippen molar-refractivity contribution in [2.75, 3.05) is 19.6 Å². The molecule has 122 valence electrons. The van der Waals surface area contributed by atoms with Crippen LogP contribution in [-0.4, -0.2) is 46.4 Å². The van der Waals surface area contributed by atoms with E-state index in [9.17, 15) is 4.79 Å². The Labute approximate surface area is 136 Å². The van der Waals surface area contributed by atoms with E-state index in [1.807, 2.05) is 26.8 Å². The van der Waals surface area contributed by atoms with Gasteiger partial charge in [0.15, 0.2) is 5.15 Å². The predicted molar refractivity (Wildman–Crippen MR) is 84.7 cm³/mol. The number of aromatic nitrogens is 2. The number of ether oxygens (including phenoxy) is 1. The molecule has 2 heterocycles. The van der Waals surface area contributed by atoms with Gasteiger partial charge in [-0.25, -0.2) is 4.79 Å². The summed E-state index contributed by atoms with van der Waals surface area (Å²) in [6, 6.07) is 3.64. The lowest BCUT2D eigenvalue weighted by molar-refractivity contribution is 0.0519. The predicted octanol–water partition coefficient (Wildman–Crippen LogP) is 2.48. The number of nitrogens with one attached hydrogen (secondary N) is 1. The number of amides is 1. The zero-order chi connectivity index (χ0) is 16.2. The van der Waals surface area contributed by atoms with E-state index in [0.29, 0.717) is 17.6 Å². The summed E-state index contributed by atoms with van der Waals surface area (Å²) in [4.78, 5) is 13.9. The lowest BCUT2D eigenvalue weighted by atomic mass is 10.1. The summed E-state index contributed by atoms with van der Waals surface area (Å²) < 4.78 is 5.24. The number of alkyl carbamates (subject to hydrolysis) is 1. The summed E-state index contributed by atoms with van der Waals surface area (Å²) in [5.74, 6) is 0.438. The summed E-state index contributed by atoms with van der Waals surface area (Å²) >= 11 is 5.73. The van der Waals surface area contributed by atoms with Gasteiger partial charge in [0.25, 0.3) is 0 Å². The van der Waals surface area contributed by atoms with Crippen LogP contribution < -0.4 is 5.32 Å². The second-order valence-electron chi connectivity index (χ2n) is 6.62. The summed E-state index contributed by atoms with van der Waals surface area (Å²) in [7, 11) is 0. The Bertz CT molecular complexity index is 501. The molecule has 0 aliphatic carbocycles. The first-order valence-electron chi connectivity index (χ1n) is 7.49. The molecule has 0 bridgehead atoms. The number of carbonyl (C=O) groups excluding carboxylic acids is 1. The van der Waals surface area contributed by atoms with Crippen molar-refractivity contribution in [1.29, 1.82) is 0 Å². The van der Waals surface area contributed by atoms with Crippen molar-refractivity contribution < 1.29 is 9.53 Å². The monoisotopic (exact) mass is 326 g/mol. The van der Waals surface area contributed by atoms with E-state index < -0.39 is 5.60 Å². The maximum Gasteiger partial charge on any atom is 0.407 e. The SMILES string of the molecule is CC(C)(C)OC(=O)NCC1CCN(Cc2ccc(Cl)nn2)C1. The third-order valence-corrected chi connectivity index (χ3v) is 3.58. The third-order valence-electron chi connectivity index (χ3n) is 3.38. The molecule has 1 fully saturated rings. The van der Waals surface area contributed by atoms with Gasteiger partial charge in [-0.2, -0.15) is 5.10 Å². The lowest BCUT2D eigenvalue weighted by Crippen LogP contribution is -2.36. The fraction of sp³-hybridized carbons (Fsp3) is 0.667. The maximum atomic E-state index is 11.6. The van der Waals surface area contributed by atoms with Gasteiger partial charge in [-0.1, -0.05) is 11.6 Å². The van der Waals surface area contributed by atoms with E-state index in [-0.39, 0.29) is 6.09 Å². The molecule has 2 rings (SSSR count). The van der Waals surface area contributed by atoms with E-state index in [4.69, 9.17) is 16.3 Å². The molecule has 22 heavy (non-hydrogen) atoms. The first-order valence-corrected chi connectivity index (χ1v) is 7.87. The summed E-state index contributed by atoms with van der Waals surface area (Å²) in [5, 5.41) is 11.2. The Morgan fingerprint density at radius 3 is 2.86 bits per heavy atom. The van der Waals surface area contributed by atoms with Crippen LogP contribution in [0.15, 0.2) is 12.1 Å². The highest BCUT2D eigenvalue weighted by Crippen LogP contribution is 2.18. The fourth-order valence-corrected chi connectivity index (χ4v) is 2.52. The molecule has 1 aromatic rings. The Morgan fingerprint density at radius 2 is 2.23 bits per heavy atom. The van der Waals surface area contributed by atoms with Crippen LogP contribution in [0.3, 0.4) is 0 Å². The van der Waals surface area contributed by atoms with E-state index >= 15 is 0 Å². The maximum absolute atomic E-state index is 11.6. The molecule has 0 saturated carbocycles. The number of rotatable bonds is 4. The molecule has 0 aromatic carbocycles. The van der Waals surface area contributed by atoms with Gasteiger partial charge >= 0.3 is 6.09 Å². The Hall–Kier alpha value is -1.40. The molecular formula is C15H23ClN4O2. The van der Waals surface area contributed by atoms with Crippen LogP contribution in [0.25, 0.3) is 0 Å². The van der Waals surface area contributed by atoms with E-state index in [1.165, 1.54) is 0 Å². The minimum absolute atomic E-state index is 0.352. The molecule has 1 aromatic heterocycles. The highest BCUT2D eigenvalue weighted by molar-refractivity contribution is 6.29. The molecule has 1 atom stereocenters. The van der Waals surface area contributed by atoms with Gasteiger partial charge in [0.05, 0.1) is 5.69 Å². The highest BCUT2D eigenvalue weighted by atomic mass is 35.5. The van der Waals surface area contributed by atoms with Crippen LogP contribution in [-0.2, 0) is 11.3 Å². The minimum Gasteiger partial charge on any atom is -0.444 e. The van der Waals surface area contributed by atoms with Crippen molar-refractivity contribution in [3.8, 4) is 0 Å². The lowest BCUT2D eigenvalue weighted by Gasteiger charge is -2.20. The van der Waals surface area contributed by atoms with Gasteiger partial charge in [-0.15, -0.1) is 5.10 Å². The molecular weight excluding hydrogens is 304 g/mol. The van der Waals surface area contributed by atoms with Crippen LogP contribution >= 0.6 is 11.6 Å². The van der Waals surface area contributed by atoms with Gasteiger partial charge in [0, 0.05) is 19.6 Å². The molecule has 7 heteroatoms. The molecule has 1 amide bonds. The average molecular weight is 327 g/mol. The van der Waals surface area contributed by atoms with Gasteiger partial charge in [0.2, 0.25) is 0 Å². The normalized spacial score (nSPS) is 19.2. The van der Waals surface area contributed by atoms with Crippen molar-refractivity contribution in [3.05, 3.63) is 23.0 Å². The second kappa shape index (κ2) is 7.24. The van der Waals surface area contributed by atoms with Crippen molar-refractivity contribution in [1.82, 2.24) is 20.4 Å². The number of halogens is 1. The summed E-state index contributed by atoms with van der Waals surface area (Å²) in [6.45, 7) is 8.89. The summed E-state index contributed by atoms with van der Waals surface area (Å²) in [5.41, 5.74) is 0.448. The van der Waals surface area contributed by atoms with Crippen LogP contribution in [0.4, 0.5) is 4.79 Å². The fourth-order valence-electron chi connectivity index (χ4n) is 2.42. The van der Waals surface area contributed by atoms with E-state index in [2.05, 4.69) is 20.4 Å². The minimum atomic E-state index is -0.459. The van der Waals surface area contributed by atoms with Gasteiger partial charge in [0.1, 0.15) is 5.60 Å². The zero-order valence-corrected chi connectivity index (χ0v) is 14.1. The Kier molecular flexibility index (Phi) is 5.58. The van der Waals surface area contributed by atoms with Crippen molar-refractivity contribution in [2.24, 2.45) is 5.92 Å². The number of likely N-dealkylation sites (tertiary alicyclic amines) is 1. The van der Waals surface area contributed by atoms with Crippen LogP contribution in [0, 0.1) is 5.92 Å². The molecule has 1 unspecified atom stereocenters. The van der Waals surface area contributed by atoms with Crippen LogP contribution in [0.5, 0.6) is 0 Å². The standard InChI is InChI=1S/C15H23ClN4O2/c1-15(2,3)22-14(21)17-8-11-6-7-20(9-11)10-12-4-5-13(16)19-18-12/h4-5,11H,6-10H2,1-3H3,(H,17,21). The molecule has 1 saturated heterocycles. The van der Waals surface area contributed by atoms with E-state index in [1.54, 1.807) is 6.07 Å². The molecule has 1 aliphatic heterocycles. The van der Waals surface area contributed by atoms with Gasteiger partial charge < -0.3 is 10.1 Å². The average Bonchev–Trinajstić information content (AvgIpc) is 2.85. The first kappa shape index (κ1) is 17.0. The van der Waals surface area contributed by atoms with Crippen LogP contribution in [0.2, 0.25) is 5.15 Å². The summed E-state index contributed by atoms with van der Waals surface area (Å²) in [6.07, 6.45) is 0.700. The number of nitrogens with zero attached hydrogens (tertiary/aromatic N) is 3. The van der Waals surface area contributed by atoms with Gasteiger partial charge in [-0.3, -0.25) is 4.90 Å². The topological polar surface area (TPSA) is 67.3 Å². The smallest absolute Gasteiger partial charge is 0.407 e. The highest BCUT2D eigenvalue weighted by Gasteiger charge is 2.24. The third kappa shape index (κ3) is 5.77. The number of hydrogen-bond donors (Lipinski definition) is 1. The van der Waals surface area contributed by atoms with Crippen molar-refractivity contribution >= 4 is 17.7 Å². The quantitative estimate of drug-likeness (QED) is 0.920. The first-order chi connectivity index (χ1) is 10.3. The molecule has 1 N–H and O–H groups in total. The van der Waals surface area contributed by atoms with Crippen molar-refractivity contribution in [3.63, 3.8) is 0 Å². The number of carbonyl (C=O) groups is 1. The van der Waals surface area contributed by atoms with Gasteiger partial charge in [-0.05, 0) is 51.8 Å². The van der Waals surface area contributed by atoms with Crippen LogP contribution in [0.1, 0.15) is 32.9 Å². The van der Waals surface area contributed by atoms with Crippen molar-refractivity contribution in [2.45, 2.75) is 39.3 Å². The Morgan fingerprint density at radius 1 is 1.45 bits per heavy atom. The Balaban J connectivity index is 1.71. The zero-order valence-electron chi connectivity index (χ0n) is 13.3. The molecule has 0 radical (unpaired) electrons. The number of hydrogen-bond acceptors (Lipinski definition) is 5. The molecule has 6 nitrogen and oxygen atoms in total. The second-order valence-corrected chi connectivity index (χ2v) is 7.01. The molecule has 1 aliphatic rings. The van der Waals surface area contributed by atoms with E-state index in [0.717, 1.165) is 31.7 Å². The largest absolute Gasteiger partial charge is 0.444 e. The molecule has 0 spiro atoms.